The maximum atomic E-state index is 13.2. The lowest BCUT2D eigenvalue weighted by molar-refractivity contribution is -0.120. The van der Waals surface area contributed by atoms with Crippen molar-refractivity contribution in [2.45, 2.75) is 32.4 Å². The molecule has 0 spiro atoms. The Hall–Kier alpha value is -3.31. The molecule has 3 aromatic carbocycles. The maximum Gasteiger partial charge on any atom is 0.258 e. The molecule has 1 aliphatic heterocycles. The molecule has 3 aromatic rings. The molecule has 4 rings (SSSR count). The van der Waals surface area contributed by atoms with Crippen molar-refractivity contribution in [2.24, 2.45) is 0 Å². The number of ether oxygens (including phenoxy) is 1. The van der Waals surface area contributed by atoms with E-state index in [1.54, 1.807) is 37.4 Å². The van der Waals surface area contributed by atoms with E-state index in [4.69, 9.17) is 16.3 Å². The molecule has 5 nitrogen and oxygen atoms in total. The highest BCUT2D eigenvalue weighted by atomic mass is 35.5. The highest BCUT2D eigenvalue weighted by Gasteiger charge is 2.31. The molecule has 1 unspecified atom stereocenters. The number of benzene rings is 3. The third kappa shape index (κ3) is 4.63. The number of hydrogen-bond acceptors (Lipinski definition) is 3. The van der Waals surface area contributed by atoms with Crippen LogP contribution in [0.3, 0.4) is 0 Å². The predicted molar refractivity (Wildman–Crippen MR) is 126 cm³/mol. The van der Waals surface area contributed by atoms with E-state index in [1.807, 2.05) is 48.2 Å². The van der Waals surface area contributed by atoms with E-state index in [0.717, 1.165) is 28.8 Å². The minimum Gasteiger partial charge on any atom is -0.497 e. The summed E-state index contributed by atoms with van der Waals surface area (Å²) in [5.74, 6) is 0.572. The van der Waals surface area contributed by atoms with Crippen LogP contribution in [0.25, 0.3) is 0 Å². The Balaban J connectivity index is 1.47. The largest absolute Gasteiger partial charge is 0.497 e. The van der Waals surface area contributed by atoms with Gasteiger partial charge in [0.25, 0.3) is 5.91 Å². The van der Waals surface area contributed by atoms with Gasteiger partial charge in [0.15, 0.2) is 0 Å². The Morgan fingerprint density at radius 3 is 2.56 bits per heavy atom. The molecule has 32 heavy (non-hydrogen) atoms. The predicted octanol–water partition coefficient (Wildman–Crippen LogP) is 4.80. The first-order valence-corrected chi connectivity index (χ1v) is 10.9. The fourth-order valence-corrected chi connectivity index (χ4v) is 4.23. The second-order valence-electron chi connectivity index (χ2n) is 7.96. The molecular weight excluding hydrogens is 424 g/mol. The molecule has 6 heteroatoms. The van der Waals surface area contributed by atoms with E-state index in [0.29, 0.717) is 22.9 Å². The van der Waals surface area contributed by atoms with Gasteiger partial charge in [0, 0.05) is 28.9 Å². The number of fused-ring (bicyclic) bond motifs is 1. The summed E-state index contributed by atoms with van der Waals surface area (Å²) in [6.45, 7) is 2.43. The molecule has 0 saturated carbocycles. The van der Waals surface area contributed by atoms with Crippen molar-refractivity contribution in [1.29, 1.82) is 0 Å². The lowest BCUT2D eigenvalue weighted by Crippen LogP contribution is -2.35. The standard InChI is InChI=1S/C26H25ClN2O3/c1-17-13-21-8-7-18(16-28-25(30)15-20-5-3-4-6-23(20)27)14-24(21)29(17)26(31)19-9-11-22(32-2)12-10-19/h3-12,14,17H,13,15-16H2,1-2H3,(H,28,30). The third-order valence-corrected chi connectivity index (χ3v) is 6.09. The minimum absolute atomic E-state index is 0.0428. The molecule has 1 N–H and O–H groups in total. The Kier molecular flexibility index (Phi) is 6.47. The van der Waals surface area contributed by atoms with Gasteiger partial charge in [-0.05, 0) is 66.4 Å². The van der Waals surface area contributed by atoms with E-state index in [1.165, 1.54) is 0 Å². The normalized spacial score (nSPS) is 14.7. The second kappa shape index (κ2) is 9.45. The van der Waals surface area contributed by atoms with Crippen LogP contribution in [-0.4, -0.2) is 25.0 Å². The first-order valence-electron chi connectivity index (χ1n) is 10.6. The van der Waals surface area contributed by atoms with Crippen molar-refractivity contribution in [2.75, 3.05) is 12.0 Å². The van der Waals surface area contributed by atoms with Gasteiger partial charge < -0.3 is 15.0 Å². The minimum atomic E-state index is -0.0990. The number of anilines is 1. The number of rotatable bonds is 6. The van der Waals surface area contributed by atoms with E-state index in [-0.39, 0.29) is 24.3 Å². The molecule has 0 bridgehead atoms. The van der Waals surface area contributed by atoms with Crippen LogP contribution in [0, 0.1) is 0 Å². The van der Waals surface area contributed by atoms with E-state index >= 15 is 0 Å². The number of methoxy groups -OCH3 is 1. The molecule has 164 valence electrons. The second-order valence-corrected chi connectivity index (χ2v) is 8.37. The fraction of sp³-hybridized carbons (Fsp3) is 0.231. The van der Waals surface area contributed by atoms with Crippen LogP contribution >= 0.6 is 11.6 Å². The highest BCUT2D eigenvalue weighted by Crippen LogP contribution is 2.34. The first-order chi connectivity index (χ1) is 15.5. The van der Waals surface area contributed by atoms with Gasteiger partial charge in [0.2, 0.25) is 5.91 Å². The summed E-state index contributed by atoms with van der Waals surface area (Å²) < 4.78 is 5.19. The Morgan fingerprint density at radius 1 is 1.09 bits per heavy atom. The van der Waals surface area contributed by atoms with Crippen LogP contribution in [0.5, 0.6) is 5.75 Å². The maximum absolute atomic E-state index is 13.2. The molecule has 0 radical (unpaired) electrons. The van der Waals surface area contributed by atoms with Gasteiger partial charge in [-0.25, -0.2) is 0 Å². The Labute approximate surface area is 193 Å². The number of nitrogens with one attached hydrogen (secondary N) is 1. The smallest absolute Gasteiger partial charge is 0.258 e. The summed E-state index contributed by atoms with van der Waals surface area (Å²) in [6.07, 6.45) is 1.03. The van der Waals surface area contributed by atoms with Crippen LogP contribution in [0.15, 0.2) is 66.7 Å². The molecule has 0 fully saturated rings. The van der Waals surface area contributed by atoms with Crippen molar-refractivity contribution >= 4 is 29.1 Å². The summed E-state index contributed by atoms with van der Waals surface area (Å²) >= 11 is 6.15. The highest BCUT2D eigenvalue weighted by molar-refractivity contribution is 6.31. The zero-order valence-electron chi connectivity index (χ0n) is 18.1. The van der Waals surface area contributed by atoms with Crippen molar-refractivity contribution in [3.63, 3.8) is 0 Å². The zero-order valence-corrected chi connectivity index (χ0v) is 18.9. The number of hydrogen-bond donors (Lipinski definition) is 1. The first kappa shape index (κ1) is 21.9. The number of carbonyl (C=O) groups is 2. The van der Waals surface area contributed by atoms with Crippen LogP contribution in [-0.2, 0) is 24.2 Å². The fourth-order valence-electron chi connectivity index (χ4n) is 4.02. The molecule has 2 amide bonds. The van der Waals surface area contributed by atoms with Gasteiger partial charge in [0.1, 0.15) is 5.75 Å². The summed E-state index contributed by atoms with van der Waals surface area (Å²) in [7, 11) is 1.60. The summed E-state index contributed by atoms with van der Waals surface area (Å²) in [6, 6.07) is 20.6. The van der Waals surface area contributed by atoms with Gasteiger partial charge in [-0.1, -0.05) is 41.9 Å². The van der Waals surface area contributed by atoms with Gasteiger partial charge >= 0.3 is 0 Å². The van der Waals surface area contributed by atoms with Crippen molar-refractivity contribution in [3.05, 3.63) is 94.0 Å². The number of amides is 2. The number of halogens is 1. The van der Waals surface area contributed by atoms with Crippen molar-refractivity contribution in [3.8, 4) is 5.75 Å². The average molecular weight is 449 g/mol. The summed E-state index contributed by atoms with van der Waals surface area (Å²) in [4.78, 5) is 27.5. The van der Waals surface area contributed by atoms with Crippen LogP contribution in [0.2, 0.25) is 5.02 Å². The SMILES string of the molecule is COc1ccc(C(=O)N2c3cc(CNC(=O)Cc4ccccc4Cl)ccc3CC2C)cc1. The van der Waals surface area contributed by atoms with Gasteiger partial charge in [0.05, 0.1) is 13.5 Å². The van der Waals surface area contributed by atoms with E-state index < -0.39 is 0 Å². The molecular formula is C26H25ClN2O3. The Bertz CT molecular complexity index is 1140. The van der Waals surface area contributed by atoms with E-state index in [2.05, 4.69) is 5.32 Å². The van der Waals surface area contributed by atoms with Crippen molar-refractivity contribution < 1.29 is 14.3 Å². The summed E-state index contributed by atoms with van der Waals surface area (Å²) in [5, 5.41) is 3.54. The van der Waals surface area contributed by atoms with Crippen molar-refractivity contribution in [1.82, 2.24) is 5.32 Å². The topological polar surface area (TPSA) is 58.6 Å². The quantitative estimate of drug-likeness (QED) is 0.589. The third-order valence-electron chi connectivity index (χ3n) is 5.72. The van der Waals surface area contributed by atoms with Crippen LogP contribution in [0.4, 0.5) is 5.69 Å². The zero-order chi connectivity index (χ0) is 22.7. The number of carbonyl (C=O) groups excluding carboxylic acids is 2. The van der Waals surface area contributed by atoms with Gasteiger partial charge in [-0.2, -0.15) is 0 Å². The van der Waals surface area contributed by atoms with Crippen LogP contribution < -0.4 is 15.0 Å². The molecule has 1 atom stereocenters. The number of nitrogens with zero attached hydrogens (tertiary/aromatic N) is 1. The lowest BCUT2D eigenvalue weighted by atomic mass is 10.1. The Morgan fingerprint density at radius 2 is 1.84 bits per heavy atom. The molecule has 0 saturated heterocycles. The summed E-state index contributed by atoms with van der Waals surface area (Å²) in [5.41, 5.74) is 4.38. The lowest BCUT2D eigenvalue weighted by Gasteiger charge is -2.23. The van der Waals surface area contributed by atoms with Crippen LogP contribution in [0.1, 0.15) is 34.0 Å². The molecule has 0 aliphatic carbocycles. The molecule has 1 aliphatic rings. The van der Waals surface area contributed by atoms with E-state index in [9.17, 15) is 9.59 Å². The monoisotopic (exact) mass is 448 g/mol. The average Bonchev–Trinajstić information content (AvgIpc) is 3.13. The molecule has 1 heterocycles. The van der Waals surface area contributed by atoms with Gasteiger partial charge in [-0.15, -0.1) is 0 Å². The molecule has 0 aromatic heterocycles. The van der Waals surface area contributed by atoms with Gasteiger partial charge in [-0.3, -0.25) is 9.59 Å².